The molecule has 3 nitrogen and oxygen atoms in total. The maximum Gasteiger partial charge on any atom is 0.133 e. The Hall–Kier alpha value is 0.0700. The molecule has 0 amide bonds. The minimum Gasteiger partial charge on any atom is -1.00 e. The fourth-order valence-electron chi connectivity index (χ4n) is 9.29. The molecule has 0 aliphatic heterocycles. The molecule has 4 fully saturated rings. The van der Waals surface area contributed by atoms with Crippen LogP contribution in [0, 0.1) is 46.3 Å². The normalized spacial score (nSPS) is 52.0. The molecule has 4 saturated carbocycles. The summed E-state index contributed by atoms with van der Waals surface area (Å²) in [6, 6.07) is 0.348. The molecule has 0 saturated heterocycles. The molecule has 0 aromatic heterocycles. The van der Waals surface area contributed by atoms with Crippen LogP contribution in [0.2, 0.25) is 0 Å². The van der Waals surface area contributed by atoms with Gasteiger partial charge in [0.2, 0.25) is 0 Å². The first kappa shape index (κ1) is 23.7. The predicted octanol–water partition coefficient (Wildman–Crippen LogP) is 1.53. The third kappa shape index (κ3) is 3.48. The van der Waals surface area contributed by atoms with Crippen molar-refractivity contribution >= 4 is 5.78 Å². The monoisotopic (exact) mass is 469 g/mol. The van der Waals surface area contributed by atoms with E-state index in [1.807, 2.05) is 6.92 Å². The number of ketones is 1. The summed E-state index contributed by atoms with van der Waals surface area (Å²) in [5.74, 6) is 4.22. The van der Waals surface area contributed by atoms with Gasteiger partial charge < -0.3 is 26.6 Å². The highest BCUT2D eigenvalue weighted by Crippen LogP contribution is 2.68. The van der Waals surface area contributed by atoms with E-state index >= 15 is 0 Å². The number of carbonyl (C=O) groups is 1. The number of nitrogens with zero attached hydrogens (tertiary/aromatic N) is 1. The van der Waals surface area contributed by atoms with Crippen molar-refractivity contribution in [2.75, 3.05) is 21.1 Å². The average molecular weight is 471 g/mol. The van der Waals surface area contributed by atoms with Crippen LogP contribution in [0.3, 0.4) is 0 Å². The molecular weight excluding hydrogens is 426 g/mol. The van der Waals surface area contributed by atoms with Gasteiger partial charge in [-0.15, -0.1) is 0 Å². The number of quaternary nitrogens is 1. The van der Waals surface area contributed by atoms with Crippen molar-refractivity contribution in [3.05, 3.63) is 0 Å². The molecule has 0 unspecified atom stereocenters. The zero-order valence-corrected chi connectivity index (χ0v) is 21.3. The first-order chi connectivity index (χ1) is 12.9. The van der Waals surface area contributed by atoms with E-state index in [9.17, 15) is 9.90 Å². The van der Waals surface area contributed by atoms with Crippen molar-refractivity contribution in [2.45, 2.75) is 84.8 Å². The Balaban J connectivity index is 0.00000240. The number of carbonyl (C=O) groups excluding carboxylic acids is 1. The molecule has 0 bridgehead atoms. The van der Waals surface area contributed by atoms with E-state index in [1.165, 1.54) is 38.5 Å². The summed E-state index contributed by atoms with van der Waals surface area (Å²) in [5, 5.41) is 10.9. The topological polar surface area (TPSA) is 37.3 Å². The summed E-state index contributed by atoms with van der Waals surface area (Å²) in [6.07, 6.45) is 8.39. The van der Waals surface area contributed by atoms with Crippen LogP contribution in [-0.2, 0) is 4.79 Å². The van der Waals surface area contributed by atoms with Crippen LogP contribution in [0.4, 0.5) is 0 Å². The number of hydrogen-bond donors (Lipinski definition) is 1. The van der Waals surface area contributed by atoms with E-state index in [-0.39, 0.29) is 34.4 Å². The predicted molar refractivity (Wildman–Crippen MR) is 114 cm³/mol. The zero-order chi connectivity index (χ0) is 20.6. The van der Waals surface area contributed by atoms with Crippen molar-refractivity contribution in [3.63, 3.8) is 0 Å². The van der Waals surface area contributed by atoms with E-state index in [4.69, 9.17) is 0 Å². The largest absolute Gasteiger partial charge is 1.00 e. The van der Waals surface area contributed by atoms with Gasteiger partial charge in [0, 0.05) is 12.3 Å². The van der Waals surface area contributed by atoms with Gasteiger partial charge >= 0.3 is 0 Å². The van der Waals surface area contributed by atoms with E-state index in [0.29, 0.717) is 29.1 Å². The highest BCUT2D eigenvalue weighted by atomic mass is 79.9. The number of hydrogen-bond acceptors (Lipinski definition) is 2. The fraction of sp³-hybridized carbons (Fsp3) is 0.960. The van der Waals surface area contributed by atoms with Crippen LogP contribution in [0.15, 0.2) is 0 Å². The van der Waals surface area contributed by atoms with Crippen molar-refractivity contribution in [2.24, 2.45) is 46.3 Å². The lowest BCUT2D eigenvalue weighted by Gasteiger charge is -2.62. The molecule has 168 valence electrons. The number of likely N-dealkylation sites (N-methyl/N-ethyl adjacent to an activating group) is 1. The molecule has 0 aromatic carbocycles. The van der Waals surface area contributed by atoms with Crippen LogP contribution in [0.1, 0.15) is 72.6 Å². The van der Waals surface area contributed by atoms with Crippen LogP contribution in [-0.4, -0.2) is 48.7 Å². The van der Waals surface area contributed by atoms with Crippen LogP contribution < -0.4 is 17.0 Å². The molecule has 4 heteroatoms. The Labute approximate surface area is 189 Å². The van der Waals surface area contributed by atoms with Gasteiger partial charge in [-0.3, -0.25) is 4.79 Å². The Morgan fingerprint density at radius 3 is 2.24 bits per heavy atom. The molecule has 0 heterocycles. The number of rotatable bonds is 2. The SMILES string of the molecule is CC(=O)[C@H]1[C@H](C)C[C@H]2[C@@H]3CC[C@H]4C[C@H](O)[C@@H]([N+](C)(C)C)C[C@]4(C)[C@H]3CC[C@@]21C.[Br-]. The van der Waals surface area contributed by atoms with Crippen LogP contribution in [0.25, 0.3) is 0 Å². The lowest BCUT2D eigenvalue weighted by atomic mass is 9.44. The van der Waals surface area contributed by atoms with Crippen molar-refractivity contribution < 1.29 is 31.4 Å². The second-order valence-corrected chi connectivity index (χ2v) is 12.7. The zero-order valence-electron chi connectivity index (χ0n) is 19.7. The molecular formula is C25H44BrNO2. The van der Waals surface area contributed by atoms with Gasteiger partial charge in [0.15, 0.2) is 0 Å². The minimum atomic E-state index is -0.155. The lowest BCUT2D eigenvalue weighted by Crippen LogP contribution is -3.00. The molecule has 10 atom stereocenters. The lowest BCUT2D eigenvalue weighted by molar-refractivity contribution is -0.902. The summed E-state index contributed by atoms with van der Waals surface area (Å²) >= 11 is 0. The summed E-state index contributed by atoms with van der Waals surface area (Å²) < 4.78 is 0.867. The molecule has 4 aliphatic rings. The highest BCUT2D eigenvalue weighted by Gasteiger charge is 2.63. The number of aliphatic hydroxyl groups is 1. The number of halogens is 1. The molecule has 29 heavy (non-hydrogen) atoms. The third-order valence-electron chi connectivity index (χ3n) is 10.5. The Kier molecular flexibility index (Phi) is 6.21. The second kappa shape index (κ2) is 7.59. The summed E-state index contributed by atoms with van der Waals surface area (Å²) in [4.78, 5) is 12.5. The van der Waals surface area contributed by atoms with Gasteiger partial charge in [-0.1, -0.05) is 20.8 Å². The standard InChI is InChI=1S/C25H44NO2.BrH/c1-15-12-20-18-9-8-17-13-22(28)21(26(5,6)7)14-25(17,4)19(18)10-11-24(20,3)23(15)16(2)27;/h15,17-23,28H,8-14H2,1-7H3;1H/q+1;/p-1/t15-,17+,18-,19+,20+,21+,22+,23-,24+,25+;/m1./s1. The smallest absolute Gasteiger partial charge is 0.133 e. The van der Waals surface area contributed by atoms with Gasteiger partial charge in [-0.25, -0.2) is 0 Å². The van der Waals surface area contributed by atoms with Gasteiger partial charge in [0.25, 0.3) is 0 Å². The number of fused-ring (bicyclic) bond motifs is 5. The second-order valence-electron chi connectivity index (χ2n) is 12.7. The maximum atomic E-state index is 12.5. The van der Waals surface area contributed by atoms with E-state index in [1.54, 1.807) is 0 Å². The first-order valence-electron chi connectivity index (χ1n) is 11.9. The minimum absolute atomic E-state index is 0. The molecule has 4 rings (SSSR count). The van der Waals surface area contributed by atoms with Crippen molar-refractivity contribution in [1.82, 2.24) is 0 Å². The molecule has 0 radical (unpaired) electrons. The Morgan fingerprint density at radius 2 is 1.66 bits per heavy atom. The van der Waals surface area contributed by atoms with E-state index in [2.05, 4.69) is 41.9 Å². The van der Waals surface area contributed by atoms with Crippen LogP contribution >= 0.6 is 0 Å². The molecule has 0 aromatic rings. The summed E-state index contributed by atoms with van der Waals surface area (Å²) in [6.45, 7) is 9.21. The number of Topliss-reactive ketones (excluding diaryl/α,β-unsaturated/α-hetero) is 1. The maximum absolute atomic E-state index is 12.5. The van der Waals surface area contributed by atoms with E-state index in [0.717, 1.165) is 28.7 Å². The Bertz CT molecular complexity index is 645. The summed E-state index contributed by atoms with van der Waals surface area (Å²) in [7, 11) is 6.77. The fourth-order valence-corrected chi connectivity index (χ4v) is 9.29. The van der Waals surface area contributed by atoms with Crippen LogP contribution in [0.5, 0.6) is 0 Å². The van der Waals surface area contributed by atoms with Gasteiger partial charge in [-0.05, 0) is 85.9 Å². The van der Waals surface area contributed by atoms with Gasteiger partial charge in [0.1, 0.15) is 17.9 Å². The van der Waals surface area contributed by atoms with Crippen molar-refractivity contribution in [1.29, 1.82) is 0 Å². The first-order valence-corrected chi connectivity index (χ1v) is 11.9. The van der Waals surface area contributed by atoms with Gasteiger partial charge in [0.05, 0.1) is 21.1 Å². The number of aliphatic hydroxyl groups excluding tert-OH is 1. The molecule has 0 spiro atoms. The van der Waals surface area contributed by atoms with Gasteiger partial charge in [-0.2, -0.15) is 0 Å². The van der Waals surface area contributed by atoms with Crippen molar-refractivity contribution in [3.8, 4) is 0 Å². The molecule has 1 N–H and O–H groups in total. The third-order valence-corrected chi connectivity index (χ3v) is 10.5. The highest BCUT2D eigenvalue weighted by molar-refractivity contribution is 5.80. The molecule has 4 aliphatic carbocycles. The quantitative estimate of drug-likeness (QED) is 0.622. The average Bonchev–Trinajstić information content (AvgIpc) is 2.84. The summed E-state index contributed by atoms with van der Waals surface area (Å²) in [5.41, 5.74) is 0.584. The Morgan fingerprint density at radius 1 is 1.00 bits per heavy atom. The van der Waals surface area contributed by atoms with E-state index < -0.39 is 0 Å².